The molecule has 1 aromatic heterocycles. The number of aromatic carboxylic acids is 1. The fraction of sp³-hybridized carbons (Fsp3) is 0.583. The van der Waals surface area contributed by atoms with Crippen molar-refractivity contribution < 1.29 is 18.3 Å². The van der Waals surface area contributed by atoms with Gasteiger partial charge >= 0.3 is 5.97 Å². The van der Waals surface area contributed by atoms with Crippen molar-refractivity contribution in [3.63, 3.8) is 0 Å². The van der Waals surface area contributed by atoms with Crippen molar-refractivity contribution in [2.45, 2.75) is 24.8 Å². The summed E-state index contributed by atoms with van der Waals surface area (Å²) in [5.41, 5.74) is 0. The summed E-state index contributed by atoms with van der Waals surface area (Å²) in [4.78, 5) is 12.8. The molecule has 0 aliphatic carbocycles. The summed E-state index contributed by atoms with van der Waals surface area (Å²) >= 11 is 0.922. The molecule has 1 aromatic rings. The van der Waals surface area contributed by atoms with E-state index in [-0.39, 0.29) is 15.8 Å². The van der Waals surface area contributed by atoms with Crippen LogP contribution in [-0.2, 0) is 10.0 Å². The molecule has 0 aliphatic rings. The van der Waals surface area contributed by atoms with Gasteiger partial charge in [-0.25, -0.2) is 13.2 Å². The topological polar surface area (TPSA) is 77.9 Å². The van der Waals surface area contributed by atoms with Gasteiger partial charge in [0.05, 0.1) is 4.90 Å². The number of hydrogen-bond donors (Lipinski definition) is 1. The van der Waals surface area contributed by atoms with Crippen molar-refractivity contribution in [1.29, 1.82) is 0 Å². The van der Waals surface area contributed by atoms with Crippen LogP contribution in [0, 0.1) is 0 Å². The number of likely N-dealkylation sites (N-methyl/N-ethyl adjacent to an activating group) is 2. The monoisotopic (exact) mass is 320 g/mol. The van der Waals surface area contributed by atoms with E-state index in [0.717, 1.165) is 11.3 Å². The molecule has 0 spiro atoms. The SMILES string of the molecule is CCN(C(C)CN(C)C)S(=O)(=O)c1csc(C(=O)O)c1. The van der Waals surface area contributed by atoms with Gasteiger partial charge in [0.1, 0.15) is 4.88 Å². The number of thiophene rings is 1. The summed E-state index contributed by atoms with van der Waals surface area (Å²) in [5.74, 6) is -1.11. The smallest absolute Gasteiger partial charge is 0.345 e. The second kappa shape index (κ2) is 6.66. The van der Waals surface area contributed by atoms with Crippen molar-refractivity contribution in [3.05, 3.63) is 16.3 Å². The molecule has 0 amide bonds. The van der Waals surface area contributed by atoms with Crippen molar-refractivity contribution in [1.82, 2.24) is 9.21 Å². The van der Waals surface area contributed by atoms with E-state index in [1.165, 1.54) is 15.8 Å². The average molecular weight is 320 g/mol. The van der Waals surface area contributed by atoms with E-state index in [1.54, 1.807) is 6.92 Å². The van der Waals surface area contributed by atoms with E-state index < -0.39 is 16.0 Å². The third kappa shape index (κ3) is 3.78. The molecule has 0 radical (unpaired) electrons. The van der Waals surface area contributed by atoms with E-state index in [2.05, 4.69) is 0 Å². The van der Waals surface area contributed by atoms with Crippen LogP contribution >= 0.6 is 11.3 Å². The van der Waals surface area contributed by atoms with Gasteiger partial charge in [-0.15, -0.1) is 11.3 Å². The van der Waals surface area contributed by atoms with E-state index in [4.69, 9.17) is 5.11 Å². The maximum Gasteiger partial charge on any atom is 0.345 e. The van der Waals surface area contributed by atoms with Gasteiger partial charge in [-0.1, -0.05) is 6.92 Å². The number of hydrogen-bond acceptors (Lipinski definition) is 5. The summed E-state index contributed by atoms with van der Waals surface area (Å²) in [7, 11) is 0.103. The number of nitrogens with zero attached hydrogens (tertiary/aromatic N) is 2. The molecular formula is C12H20N2O4S2. The van der Waals surface area contributed by atoms with Gasteiger partial charge in [-0.05, 0) is 27.1 Å². The van der Waals surface area contributed by atoms with Crippen LogP contribution < -0.4 is 0 Å². The van der Waals surface area contributed by atoms with E-state index >= 15 is 0 Å². The Morgan fingerprint density at radius 1 is 1.45 bits per heavy atom. The minimum atomic E-state index is -3.65. The number of rotatable bonds is 7. The molecular weight excluding hydrogens is 300 g/mol. The molecule has 1 unspecified atom stereocenters. The normalized spacial score (nSPS) is 13.9. The van der Waals surface area contributed by atoms with Crippen LogP contribution in [0.3, 0.4) is 0 Å². The molecule has 114 valence electrons. The summed E-state index contributed by atoms with van der Waals surface area (Å²) in [6.07, 6.45) is 0. The Balaban J connectivity index is 3.08. The quantitative estimate of drug-likeness (QED) is 0.822. The second-order valence-corrected chi connectivity index (χ2v) is 7.57. The lowest BCUT2D eigenvalue weighted by Gasteiger charge is -2.28. The van der Waals surface area contributed by atoms with Gasteiger partial charge in [-0.3, -0.25) is 0 Å². The Morgan fingerprint density at radius 3 is 2.45 bits per heavy atom. The molecule has 0 bridgehead atoms. The Bertz CT molecular complexity index is 566. The van der Waals surface area contributed by atoms with Crippen LogP contribution in [-0.4, -0.2) is 61.9 Å². The Labute approximate surface area is 123 Å². The van der Waals surface area contributed by atoms with Gasteiger partial charge in [0.25, 0.3) is 0 Å². The molecule has 6 nitrogen and oxygen atoms in total. The van der Waals surface area contributed by atoms with Crippen LogP contribution in [0.1, 0.15) is 23.5 Å². The fourth-order valence-electron chi connectivity index (χ4n) is 2.04. The van der Waals surface area contributed by atoms with E-state index in [0.29, 0.717) is 13.1 Å². The highest BCUT2D eigenvalue weighted by Crippen LogP contribution is 2.24. The van der Waals surface area contributed by atoms with Crippen molar-refractivity contribution in [3.8, 4) is 0 Å². The van der Waals surface area contributed by atoms with Gasteiger partial charge in [0.2, 0.25) is 10.0 Å². The first-order valence-electron chi connectivity index (χ1n) is 6.18. The predicted molar refractivity (Wildman–Crippen MR) is 78.9 cm³/mol. The lowest BCUT2D eigenvalue weighted by molar-refractivity contribution is 0.0702. The zero-order valence-corrected chi connectivity index (χ0v) is 13.7. The Morgan fingerprint density at radius 2 is 2.05 bits per heavy atom. The molecule has 1 heterocycles. The zero-order valence-electron chi connectivity index (χ0n) is 12.0. The lowest BCUT2D eigenvalue weighted by Crippen LogP contribution is -2.43. The van der Waals surface area contributed by atoms with Crippen LogP contribution in [0.15, 0.2) is 16.3 Å². The maximum atomic E-state index is 12.5. The van der Waals surface area contributed by atoms with Gasteiger partial charge in [-0.2, -0.15) is 4.31 Å². The standard InChI is InChI=1S/C12H20N2O4S2/c1-5-14(9(2)7-13(3)4)20(17,18)10-6-11(12(15)16)19-8-10/h6,8-9H,5,7H2,1-4H3,(H,15,16). The summed E-state index contributed by atoms with van der Waals surface area (Å²) < 4.78 is 26.5. The molecule has 1 N–H and O–H groups in total. The summed E-state index contributed by atoms with van der Waals surface area (Å²) in [6.45, 7) is 4.55. The minimum absolute atomic E-state index is 0.0277. The molecule has 1 atom stereocenters. The van der Waals surface area contributed by atoms with Crippen LogP contribution in [0.2, 0.25) is 0 Å². The number of carboxylic acids is 1. The fourth-order valence-corrected chi connectivity index (χ4v) is 4.77. The van der Waals surface area contributed by atoms with Crippen molar-refractivity contribution >= 4 is 27.3 Å². The first-order chi connectivity index (χ1) is 9.20. The molecule has 0 aromatic carbocycles. The maximum absolute atomic E-state index is 12.5. The molecule has 1 rings (SSSR count). The second-order valence-electron chi connectivity index (χ2n) is 4.77. The van der Waals surface area contributed by atoms with Crippen LogP contribution in [0.5, 0.6) is 0 Å². The average Bonchev–Trinajstić information content (AvgIpc) is 2.77. The molecule has 8 heteroatoms. The first kappa shape index (κ1) is 17.1. The summed E-state index contributed by atoms with van der Waals surface area (Å²) in [5, 5.41) is 10.3. The van der Waals surface area contributed by atoms with Crippen molar-refractivity contribution in [2.75, 3.05) is 27.2 Å². The molecule has 0 saturated carbocycles. The zero-order chi connectivity index (χ0) is 15.5. The first-order valence-corrected chi connectivity index (χ1v) is 8.50. The van der Waals surface area contributed by atoms with Crippen LogP contribution in [0.4, 0.5) is 0 Å². The Hall–Kier alpha value is -0.960. The van der Waals surface area contributed by atoms with E-state index in [9.17, 15) is 13.2 Å². The number of carboxylic acid groups (broad SMARTS) is 1. The Kier molecular flexibility index (Phi) is 5.69. The molecule has 0 fully saturated rings. The third-order valence-corrected chi connectivity index (χ3v) is 5.96. The highest BCUT2D eigenvalue weighted by Gasteiger charge is 2.29. The predicted octanol–water partition coefficient (Wildman–Crippen LogP) is 1.41. The highest BCUT2D eigenvalue weighted by atomic mass is 32.2. The third-order valence-electron chi connectivity index (χ3n) is 2.83. The van der Waals surface area contributed by atoms with Gasteiger partial charge in [0.15, 0.2) is 0 Å². The number of sulfonamides is 1. The van der Waals surface area contributed by atoms with Gasteiger partial charge in [0, 0.05) is 24.5 Å². The molecule has 20 heavy (non-hydrogen) atoms. The number of carbonyl (C=O) groups is 1. The summed E-state index contributed by atoms with van der Waals surface area (Å²) in [6, 6.07) is 1.03. The molecule has 0 saturated heterocycles. The van der Waals surface area contributed by atoms with Gasteiger partial charge < -0.3 is 10.0 Å². The largest absolute Gasteiger partial charge is 0.477 e. The van der Waals surface area contributed by atoms with E-state index in [1.807, 2.05) is 25.9 Å². The lowest BCUT2D eigenvalue weighted by atomic mass is 10.3. The molecule has 0 aliphatic heterocycles. The van der Waals surface area contributed by atoms with Crippen molar-refractivity contribution in [2.24, 2.45) is 0 Å². The van der Waals surface area contributed by atoms with Crippen LogP contribution in [0.25, 0.3) is 0 Å². The minimum Gasteiger partial charge on any atom is -0.477 e. The highest BCUT2D eigenvalue weighted by molar-refractivity contribution is 7.89.